The number of carbonyl (C=O) groups excluding carboxylic acids is 2. The van der Waals surface area contributed by atoms with Crippen LogP contribution in [0.3, 0.4) is 0 Å². The molecule has 0 bridgehead atoms. The molecule has 4 heteroatoms. The second kappa shape index (κ2) is 5.85. The number of nitrogens with zero attached hydrogens (tertiary/aromatic N) is 1. The number of hydrogen-bond donors (Lipinski definition) is 0. The van der Waals surface area contributed by atoms with Crippen molar-refractivity contribution in [1.82, 2.24) is 4.57 Å². The summed E-state index contributed by atoms with van der Waals surface area (Å²) in [5.74, 6) is -0.107. The summed E-state index contributed by atoms with van der Waals surface area (Å²) in [6.45, 7) is 6.13. The first kappa shape index (κ1) is 14.5. The highest BCUT2D eigenvalue weighted by molar-refractivity contribution is 5.95. The summed E-state index contributed by atoms with van der Waals surface area (Å²) in [6, 6.07) is 1.80. The normalized spacial score (nSPS) is 11.3. The number of aromatic nitrogens is 1. The molecule has 0 aliphatic rings. The number of ether oxygens (including phenoxy) is 1. The first-order chi connectivity index (χ1) is 8.40. The monoisotopic (exact) mass is 251 g/mol. The molecule has 0 N–H and O–H groups in total. The molecular weight excluding hydrogens is 230 g/mol. The lowest BCUT2D eigenvalue weighted by atomic mass is 9.94. The summed E-state index contributed by atoms with van der Waals surface area (Å²) in [4.78, 5) is 23.3. The maximum atomic E-state index is 11.7. The Morgan fingerprint density at radius 2 is 2.06 bits per heavy atom. The van der Waals surface area contributed by atoms with Crippen molar-refractivity contribution in [2.24, 2.45) is 5.41 Å². The third kappa shape index (κ3) is 3.45. The second-order valence-corrected chi connectivity index (χ2v) is 5.12. The number of rotatable bonds is 6. The van der Waals surface area contributed by atoms with Crippen LogP contribution in [0.5, 0.6) is 0 Å². The highest BCUT2D eigenvalue weighted by atomic mass is 16.5. The fourth-order valence-electron chi connectivity index (χ4n) is 1.87. The molecule has 100 valence electrons. The lowest BCUT2D eigenvalue weighted by molar-refractivity contribution is -0.151. The van der Waals surface area contributed by atoms with E-state index in [2.05, 4.69) is 0 Å². The van der Waals surface area contributed by atoms with Gasteiger partial charge in [-0.15, -0.1) is 0 Å². The average Bonchev–Trinajstić information content (AvgIpc) is 2.76. The van der Waals surface area contributed by atoms with Gasteiger partial charge in [-0.05, 0) is 26.3 Å². The van der Waals surface area contributed by atoms with Gasteiger partial charge >= 0.3 is 5.97 Å². The molecule has 0 saturated carbocycles. The molecule has 1 heterocycles. The zero-order chi connectivity index (χ0) is 13.8. The Bertz CT molecular complexity index is 432. The van der Waals surface area contributed by atoms with Crippen molar-refractivity contribution in [2.75, 3.05) is 7.11 Å². The highest BCUT2D eigenvalue weighted by Crippen LogP contribution is 2.20. The molecule has 0 saturated heterocycles. The summed E-state index contributed by atoms with van der Waals surface area (Å²) in [5, 5.41) is 0. The standard InChI is InChI=1S/C14H21NO3/c1-5-6-12(16)11-7-8-15(9-11)10-14(2,3)13(17)18-4/h7-9H,5-6,10H2,1-4H3. The Morgan fingerprint density at radius 1 is 1.39 bits per heavy atom. The number of ketones is 1. The van der Waals surface area contributed by atoms with Crippen LogP contribution >= 0.6 is 0 Å². The van der Waals surface area contributed by atoms with Crippen LogP contribution in [-0.2, 0) is 16.1 Å². The van der Waals surface area contributed by atoms with Gasteiger partial charge in [0.15, 0.2) is 5.78 Å². The van der Waals surface area contributed by atoms with E-state index in [0.29, 0.717) is 18.5 Å². The van der Waals surface area contributed by atoms with Gasteiger partial charge in [-0.2, -0.15) is 0 Å². The van der Waals surface area contributed by atoms with E-state index in [-0.39, 0.29) is 11.8 Å². The molecule has 0 unspecified atom stereocenters. The summed E-state index contributed by atoms with van der Waals surface area (Å²) < 4.78 is 6.62. The molecule has 1 rings (SSSR count). The fourth-order valence-corrected chi connectivity index (χ4v) is 1.87. The molecule has 0 fully saturated rings. The Balaban J connectivity index is 2.75. The van der Waals surface area contributed by atoms with E-state index < -0.39 is 5.41 Å². The molecule has 0 aliphatic carbocycles. The van der Waals surface area contributed by atoms with Crippen LogP contribution in [0.15, 0.2) is 18.5 Å². The fraction of sp³-hybridized carbons (Fsp3) is 0.571. The minimum atomic E-state index is -0.598. The van der Waals surface area contributed by atoms with E-state index in [1.54, 1.807) is 12.3 Å². The van der Waals surface area contributed by atoms with Gasteiger partial charge < -0.3 is 9.30 Å². The zero-order valence-corrected chi connectivity index (χ0v) is 11.5. The Kier molecular flexibility index (Phi) is 4.70. The number of Topliss-reactive ketones (excluding diaryl/α,β-unsaturated/α-hetero) is 1. The van der Waals surface area contributed by atoms with Gasteiger partial charge in [0.2, 0.25) is 0 Å². The van der Waals surface area contributed by atoms with Gasteiger partial charge in [-0.1, -0.05) is 6.92 Å². The van der Waals surface area contributed by atoms with Crippen molar-refractivity contribution in [3.8, 4) is 0 Å². The molecule has 0 radical (unpaired) electrons. The highest BCUT2D eigenvalue weighted by Gasteiger charge is 2.29. The predicted molar refractivity (Wildman–Crippen MR) is 69.5 cm³/mol. The van der Waals surface area contributed by atoms with Crippen molar-refractivity contribution < 1.29 is 14.3 Å². The van der Waals surface area contributed by atoms with Crippen LogP contribution < -0.4 is 0 Å². The van der Waals surface area contributed by atoms with Crippen molar-refractivity contribution in [2.45, 2.75) is 40.2 Å². The van der Waals surface area contributed by atoms with Gasteiger partial charge in [0, 0.05) is 30.9 Å². The molecule has 0 amide bonds. The third-order valence-corrected chi connectivity index (χ3v) is 2.87. The van der Waals surface area contributed by atoms with E-state index >= 15 is 0 Å². The molecule has 1 aromatic rings. The zero-order valence-electron chi connectivity index (χ0n) is 11.5. The molecule has 1 aromatic heterocycles. The number of esters is 1. The summed E-state index contributed by atoms with van der Waals surface area (Å²) in [7, 11) is 1.38. The maximum Gasteiger partial charge on any atom is 0.313 e. The molecule has 0 aromatic carbocycles. The van der Waals surface area contributed by atoms with E-state index in [9.17, 15) is 9.59 Å². The molecular formula is C14H21NO3. The SMILES string of the molecule is CCCC(=O)c1ccn(CC(C)(C)C(=O)OC)c1. The van der Waals surface area contributed by atoms with Crippen molar-refractivity contribution in [1.29, 1.82) is 0 Å². The van der Waals surface area contributed by atoms with E-state index in [0.717, 1.165) is 6.42 Å². The van der Waals surface area contributed by atoms with E-state index in [1.165, 1.54) is 7.11 Å². The number of methoxy groups -OCH3 is 1. The number of carbonyl (C=O) groups is 2. The first-order valence-electron chi connectivity index (χ1n) is 6.18. The molecule has 0 spiro atoms. The maximum absolute atomic E-state index is 11.7. The summed E-state index contributed by atoms with van der Waals surface area (Å²) in [5.41, 5.74) is 0.108. The topological polar surface area (TPSA) is 48.3 Å². The van der Waals surface area contributed by atoms with Gasteiger partial charge in [0.05, 0.1) is 12.5 Å². The van der Waals surface area contributed by atoms with Crippen LogP contribution in [0, 0.1) is 5.41 Å². The van der Waals surface area contributed by atoms with Crippen LogP contribution in [0.25, 0.3) is 0 Å². The van der Waals surface area contributed by atoms with Crippen LogP contribution in [-0.4, -0.2) is 23.4 Å². The Labute approximate surface area is 108 Å². The quantitative estimate of drug-likeness (QED) is 0.577. The Hall–Kier alpha value is -1.58. The summed E-state index contributed by atoms with van der Waals surface area (Å²) in [6.07, 6.45) is 5.03. The molecule has 18 heavy (non-hydrogen) atoms. The van der Waals surface area contributed by atoms with Crippen LogP contribution in [0.2, 0.25) is 0 Å². The predicted octanol–water partition coefficient (Wildman–Crippen LogP) is 2.67. The minimum absolute atomic E-state index is 0.145. The van der Waals surface area contributed by atoms with Gasteiger partial charge in [-0.3, -0.25) is 9.59 Å². The van der Waals surface area contributed by atoms with Crippen LogP contribution in [0.1, 0.15) is 44.0 Å². The Morgan fingerprint density at radius 3 is 2.61 bits per heavy atom. The third-order valence-electron chi connectivity index (χ3n) is 2.87. The average molecular weight is 251 g/mol. The van der Waals surface area contributed by atoms with E-state index in [4.69, 9.17) is 4.74 Å². The lowest BCUT2D eigenvalue weighted by Gasteiger charge is -2.21. The smallest absolute Gasteiger partial charge is 0.313 e. The van der Waals surface area contributed by atoms with Crippen LogP contribution in [0.4, 0.5) is 0 Å². The van der Waals surface area contributed by atoms with Crippen molar-refractivity contribution in [3.63, 3.8) is 0 Å². The van der Waals surface area contributed by atoms with Gasteiger partial charge in [0.1, 0.15) is 0 Å². The van der Waals surface area contributed by atoms with E-state index in [1.807, 2.05) is 31.5 Å². The van der Waals surface area contributed by atoms with Crippen molar-refractivity contribution in [3.05, 3.63) is 24.0 Å². The number of hydrogen-bond acceptors (Lipinski definition) is 3. The van der Waals surface area contributed by atoms with Gasteiger partial charge in [-0.25, -0.2) is 0 Å². The summed E-state index contributed by atoms with van der Waals surface area (Å²) >= 11 is 0. The first-order valence-corrected chi connectivity index (χ1v) is 6.18. The minimum Gasteiger partial charge on any atom is -0.469 e. The second-order valence-electron chi connectivity index (χ2n) is 5.12. The molecule has 0 atom stereocenters. The van der Waals surface area contributed by atoms with Crippen molar-refractivity contribution >= 4 is 11.8 Å². The molecule has 4 nitrogen and oxygen atoms in total. The largest absolute Gasteiger partial charge is 0.469 e. The van der Waals surface area contributed by atoms with Gasteiger partial charge in [0.25, 0.3) is 0 Å². The lowest BCUT2D eigenvalue weighted by Crippen LogP contribution is -2.30. The molecule has 0 aliphatic heterocycles.